The van der Waals surface area contributed by atoms with Crippen LogP contribution in [0.3, 0.4) is 0 Å². The molecule has 7 nitrogen and oxygen atoms in total. The van der Waals surface area contributed by atoms with E-state index in [1.54, 1.807) is 0 Å². The molecule has 5 atom stereocenters. The fourth-order valence-electron chi connectivity index (χ4n) is 4.77. The van der Waals surface area contributed by atoms with E-state index >= 15 is 0 Å². The standard InChI is InChI=1S/C27H32F3NO6/c28-27(29,30)20-9-4-8-19(12-20)17-37-26(25(34)31-15-21-10-5-11-35-21)13-22(32)24(33)23(14-26)36-16-18-6-2-1-3-7-18/h1-4,6-9,12,21-24,32-33H,5,10-11,13-17H2,(H,31,34)/t21-,22+,23+,24+,26-/m0/s1. The first-order chi connectivity index (χ1) is 17.7. The molecule has 4 rings (SSSR count). The van der Waals surface area contributed by atoms with E-state index in [2.05, 4.69) is 5.32 Å². The van der Waals surface area contributed by atoms with E-state index in [1.807, 2.05) is 30.3 Å². The van der Waals surface area contributed by atoms with Gasteiger partial charge in [-0.1, -0.05) is 42.5 Å². The van der Waals surface area contributed by atoms with Crippen LogP contribution in [0.4, 0.5) is 13.2 Å². The predicted octanol–water partition coefficient (Wildman–Crippen LogP) is 3.36. The second kappa shape index (κ2) is 11.9. The second-order valence-electron chi connectivity index (χ2n) is 9.63. The average molecular weight is 524 g/mol. The Morgan fingerprint density at radius 2 is 1.81 bits per heavy atom. The Balaban J connectivity index is 1.53. The Bertz CT molecular complexity index is 1030. The molecule has 37 heavy (non-hydrogen) atoms. The molecular weight excluding hydrogens is 491 g/mol. The summed E-state index contributed by atoms with van der Waals surface area (Å²) in [6.07, 6.45) is -6.87. The fraction of sp³-hybridized carbons (Fsp3) is 0.519. The third-order valence-corrected chi connectivity index (χ3v) is 6.85. The summed E-state index contributed by atoms with van der Waals surface area (Å²) in [6.45, 7) is 0.682. The van der Waals surface area contributed by atoms with Gasteiger partial charge in [0.15, 0.2) is 5.60 Å². The topological polar surface area (TPSA) is 97.3 Å². The quantitative estimate of drug-likeness (QED) is 0.467. The molecule has 0 unspecified atom stereocenters. The van der Waals surface area contributed by atoms with Gasteiger partial charge in [-0.2, -0.15) is 13.2 Å². The number of hydrogen-bond acceptors (Lipinski definition) is 6. The molecule has 202 valence electrons. The summed E-state index contributed by atoms with van der Waals surface area (Å²) >= 11 is 0. The van der Waals surface area contributed by atoms with Gasteiger partial charge in [-0.15, -0.1) is 0 Å². The first-order valence-electron chi connectivity index (χ1n) is 12.4. The molecule has 0 spiro atoms. The summed E-state index contributed by atoms with van der Waals surface area (Å²) in [4.78, 5) is 13.5. The van der Waals surface area contributed by atoms with E-state index in [-0.39, 0.29) is 44.3 Å². The zero-order chi connectivity index (χ0) is 26.5. The maximum Gasteiger partial charge on any atom is 0.416 e. The summed E-state index contributed by atoms with van der Waals surface area (Å²) in [7, 11) is 0. The molecule has 2 aromatic rings. The number of nitrogens with one attached hydrogen (secondary N) is 1. The molecule has 10 heteroatoms. The van der Waals surface area contributed by atoms with Crippen LogP contribution in [0.25, 0.3) is 0 Å². The first kappa shape index (κ1) is 27.5. The van der Waals surface area contributed by atoms with Gasteiger partial charge in [0, 0.05) is 26.0 Å². The van der Waals surface area contributed by atoms with Crippen molar-refractivity contribution >= 4 is 5.91 Å². The zero-order valence-corrected chi connectivity index (χ0v) is 20.3. The molecule has 1 amide bonds. The molecule has 1 saturated heterocycles. The van der Waals surface area contributed by atoms with Gasteiger partial charge in [0.05, 0.1) is 37.1 Å². The van der Waals surface area contributed by atoms with Gasteiger partial charge >= 0.3 is 6.18 Å². The first-order valence-corrected chi connectivity index (χ1v) is 12.4. The van der Waals surface area contributed by atoms with Crippen molar-refractivity contribution < 1.29 is 42.4 Å². The molecule has 2 aliphatic rings. The molecule has 0 aromatic heterocycles. The number of aliphatic hydroxyl groups excluding tert-OH is 2. The highest BCUT2D eigenvalue weighted by molar-refractivity contribution is 5.85. The molecule has 0 bridgehead atoms. The van der Waals surface area contributed by atoms with Crippen LogP contribution >= 0.6 is 0 Å². The van der Waals surface area contributed by atoms with Crippen molar-refractivity contribution in [2.75, 3.05) is 13.2 Å². The molecular formula is C27H32F3NO6. The van der Waals surface area contributed by atoms with Gasteiger partial charge in [-0.3, -0.25) is 4.79 Å². The van der Waals surface area contributed by atoms with Gasteiger partial charge < -0.3 is 29.7 Å². The summed E-state index contributed by atoms with van der Waals surface area (Å²) < 4.78 is 57.1. The Hall–Kier alpha value is -2.50. The van der Waals surface area contributed by atoms with Crippen LogP contribution < -0.4 is 5.32 Å². The van der Waals surface area contributed by atoms with Crippen molar-refractivity contribution in [1.29, 1.82) is 0 Å². The normalized spacial score (nSPS) is 28.2. The maximum atomic E-state index is 13.5. The molecule has 2 fully saturated rings. The Labute approximate surface area is 213 Å². The van der Waals surface area contributed by atoms with Crippen molar-refractivity contribution in [3.63, 3.8) is 0 Å². The van der Waals surface area contributed by atoms with Gasteiger partial charge in [0.1, 0.15) is 6.10 Å². The van der Waals surface area contributed by atoms with Gasteiger partial charge in [-0.25, -0.2) is 0 Å². The predicted molar refractivity (Wildman–Crippen MR) is 127 cm³/mol. The average Bonchev–Trinajstić information content (AvgIpc) is 3.41. The minimum Gasteiger partial charge on any atom is -0.390 e. The van der Waals surface area contributed by atoms with E-state index in [0.717, 1.165) is 30.5 Å². The molecule has 1 saturated carbocycles. The number of carbonyl (C=O) groups excluding carboxylic acids is 1. The van der Waals surface area contributed by atoms with E-state index in [9.17, 15) is 28.2 Å². The third kappa shape index (κ3) is 7.08. The van der Waals surface area contributed by atoms with E-state index < -0.39 is 41.6 Å². The highest BCUT2D eigenvalue weighted by atomic mass is 19.4. The lowest BCUT2D eigenvalue weighted by molar-refractivity contribution is -0.200. The van der Waals surface area contributed by atoms with Crippen molar-refractivity contribution in [3.05, 3.63) is 71.3 Å². The van der Waals surface area contributed by atoms with E-state index in [4.69, 9.17) is 14.2 Å². The summed E-state index contributed by atoms with van der Waals surface area (Å²) in [5.74, 6) is -0.533. The number of amides is 1. The maximum absolute atomic E-state index is 13.5. The van der Waals surface area contributed by atoms with Crippen LogP contribution in [0.1, 0.15) is 42.4 Å². The number of halogens is 3. The molecule has 0 radical (unpaired) electrons. The minimum atomic E-state index is -4.52. The highest BCUT2D eigenvalue weighted by Crippen LogP contribution is 2.36. The number of rotatable bonds is 9. The van der Waals surface area contributed by atoms with Crippen LogP contribution in [0.2, 0.25) is 0 Å². The van der Waals surface area contributed by atoms with Gasteiger partial charge in [0.25, 0.3) is 5.91 Å². The van der Waals surface area contributed by atoms with Crippen LogP contribution in [0, 0.1) is 0 Å². The Morgan fingerprint density at radius 1 is 1.05 bits per heavy atom. The number of hydrogen-bond donors (Lipinski definition) is 3. The lowest BCUT2D eigenvalue weighted by Crippen LogP contribution is -2.61. The Morgan fingerprint density at radius 3 is 2.51 bits per heavy atom. The van der Waals surface area contributed by atoms with Crippen molar-refractivity contribution in [3.8, 4) is 0 Å². The van der Waals surface area contributed by atoms with Crippen LogP contribution in [-0.4, -0.2) is 59.3 Å². The molecule has 1 aliphatic heterocycles. The Kier molecular flexibility index (Phi) is 8.86. The third-order valence-electron chi connectivity index (χ3n) is 6.85. The largest absolute Gasteiger partial charge is 0.416 e. The van der Waals surface area contributed by atoms with Crippen LogP contribution in [-0.2, 0) is 38.4 Å². The zero-order valence-electron chi connectivity index (χ0n) is 20.3. The van der Waals surface area contributed by atoms with Crippen molar-refractivity contribution in [1.82, 2.24) is 5.32 Å². The highest BCUT2D eigenvalue weighted by Gasteiger charge is 2.51. The molecule has 3 N–H and O–H groups in total. The molecule has 1 aliphatic carbocycles. The minimum absolute atomic E-state index is 0.0889. The lowest BCUT2D eigenvalue weighted by atomic mass is 9.78. The van der Waals surface area contributed by atoms with Crippen LogP contribution in [0.5, 0.6) is 0 Å². The van der Waals surface area contributed by atoms with Gasteiger partial charge in [0.2, 0.25) is 0 Å². The number of benzene rings is 2. The summed E-state index contributed by atoms with van der Waals surface area (Å²) in [5.41, 5.74) is -1.39. The monoisotopic (exact) mass is 523 g/mol. The van der Waals surface area contributed by atoms with Crippen LogP contribution in [0.15, 0.2) is 54.6 Å². The smallest absolute Gasteiger partial charge is 0.390 e. The van der Waals surface area contributed by atoms with Gasteiger partial charge in [-0.05, 0) is 36.1 Å². The summed E-state index contributed by atoms with van der Waals surface area (Å²) in [5, 5.41) is 24.1. The SMILES string of the molecule is O=C(NC[C@@H]1CCCO1)[C@]1(OCc2cccc(C(F)(F)F)c2)C[C@@H](O)[C@@H](O)[C@H](OCc2ccccc2)C1. The number of ether oxygens (including phenoxy) is 3. The fourth-order valence-corrected chi connectivity index (χ4v) is 4.77. The number of alkyl halides is 3. The van der Waals surface area contributed by atoms with Crippen molar-refractivity contribution in [2.45, 2.75) is 75.1 Å². The van der Waals surface area contributed by atoms with Crippen molar-refractivity contribution in [2.24, 2.45) is 0 Å². The van der Waals surface area contributed by atoms with E-state index in [0.29, 0.717) is 6.61 Å². The number of carbonyl (C=O) groups is 1. The molecule has 2 aromatic carbocycles. The second-order valence-corrected chi connectivity index (χ2v) is 9.63. The number of aliphatic hydroxyl groups is 2. The van der Waals surface area contributed by atoms with E-state index in [1.165, 1.54) is 12.1 Å². The lowest BCUT2D eigenvalue weighted by Gasteiger charge is -2.44. The molecule has 1 heterocycles. The summed E-state index contributed by atoms with van der Waals surface area (Å²) in [6, 6.07) is 13.9.